The van der Waals surface area contributed by atoms with Gasteiger partial charge in [-0.2, -0.15) is 5.10 Å². The van der Waals surface area contributed by atoms with Crippen LogP contribution in [0, 0.1) is 0 Å². The van der Waals surface area contributed by atoms with Gasteiger partial charge in [-0.3, -0.25) is 4.68 Å². The van der Waals surface area contributed by atoms with Gasteiger partial charge < -0.3 is 5.32 Å². The molecule has 5 heteroatoms. The van der Waals surface area contributed by atoms with E-state index in [1.54, 1.807) is 11.3 Å². The molecule has 0 aromatic carbocycles. The third kappa shape index (κ3) is 2.39. The van der Waals surface area contributed by atoms with Gasteiger partial charge in [0.25, 0.3) is 0 Å². The minimum Gasteiger partial charge on any atom is -0.316 e. The van der Waals surface area contributed by atoms with E-state index < -0.39 is 0 Å². The fraction of sp³-hybridized carbons (Fsp3) is 0.462. The molecule has 1 saturated heterocycles. The highest BCUT2D eigenvalue weighted by atomic mass is 79.9. The highest BCUT2D eigenvalue weighted by Gasteiger charge is 2.22. The van der Waals surface area contributed by atoms with Gasteiger partial charge in [0.15, 0.2) is 0 Å². The van der Waals surface area contributed by atoms with E-state index in [1.165, 1.54) is 32.8 Å². The Hall–Kier alpha value is -0.650. The van der Waals surface area contributed by atoms with Crippen LogP contribution in [0.25, 0.3) is 10.4 Å². The molecule has 3 heterocycles. The number of piperidine rings is 1. The first-order valence-electron chi connectivity index (χ1n) is 6.24. The first kappa shape index (κ1) is 12.4. The Morgan fingerprint density at radius 2 is 2.39 bits per heavy atom. The quantitative estimate of drug-likeness (QED) is 0.917. The summed E-state index contributed by atoms with van der Waals surface area (Å²) >= 11 is 5.31. The van der Waals surface area contributed by atoms with Crippen LogP contribution in [0.1, 0.15) is 24.5 Å². The number of nitrogens with zero attached hydrogens (tertiary/aromatic N) is 2. The zero-order valence-corrected chi connectivity index (χ0v) is 12.7. The van der Waals surface area contributed by atoms with E-state index in [4.69, 9.17) is 0 Å². The first-order chi connectivity index (χ1) is 8.74. The predicted octanol–water partition coefficient (Wildman–Crippen LogP) is 3.38. The van der Waals surface area contributed by atoms with E-state index in [9.17, 15) is 0 Å². The molecule has 18 heavy (non-hydrogen) atoms. The molecule has 0 bridgehead atoms. The minimum atomic E-state index is 0.552. The second-order valence-corrected chi connectivity index (χ2v) is 7.21. The summed E-state index contributed by atoms with van der Waals surface area (Å²) in [5.41, 5.74) is 2.54. The van der Waals surface area contributed by atoms with E-state index in [0.29, 0.717) is 5.92 Å². The van der Waals surface area contributed by atoms with E-state index in [1.807, 2.05) is 11.7 Å². The van der Waals surface area contributed by atoms with Gasteiger partial charge in [-0.1, -0.05) is 0 Å². The molecule has 1 aliphatic heterocycles. The number of nitrogens with one attached hydrogen (secondary N) is 1. The van der Waals surface area contributed by atoms with Crippen LogP contribution in [0.15, 0.2) is 22.1 Å². The smallest absolute Gasteiger partial charge is 0.0754 e. The Labute approximate surface area is 119 Å². The molecule has 3 nitrogen and oxygen atoms in total. The normalized spacial score (nSPS) is 20.2. The van der Waals surface area contributed by atoms with Crippen molar-refractivity contribution in [2.45, 2.75) is 18.8 Å². The summed E-state index contributed by atoms with van der Waals surface area (Å²) in [5, 5.41) is 8.16. The molecular formula is C13H16BrN3S. The summed E-state index contributed by atoms with van der Waals surface area (Å²) in [6.07, 6.45) is 4.63. The second-order valence-electron chi connectivity index (χ2n) is 4.75. The Bertz CT molecular complexity index is 540. The van der Waals surface area contributed by atoms with E-state index >= 15 is 0 Å². The van der Waals surface area contributed by atoms with Gasteiger partial charge in [-0.15, -0.1) is 11.3 Å². The molecule has 0 amide bonds. The summed E-state index contributed by atoms with van der Waals surface area (Å²) in [4.78, 5) is 1.30. The molecule has 2 aromatic rings. The third-order valence-electron chi connectivity index (χ3n) is 3.38. The van der Waals surface area contributed by atoms with Crippen molar-refractivity contribution < 1.29 is 0 Å². The summed E-state index contributed by atoms with van der Waals surface area (Å²) in [6.45, 7) is 2.19. The Kier molecular flexibility index (Phi) is 3.54. The van der Waals surface area contributed by atoms with Crippen LogP contribution in [0.5, 0.6) is 0 Å². The topological polar surface area (TPSA) is 29.9 Å². The van der Waals surface area contributed by atoms with Gasteiger partial charge in [0.2, 0.25) is 0 Å². The Morgan fingerprint density at radius 1 is 1.50 bits per heavy atom. The zero-order chi connectivity index (χ0) is 12.5. The van der Waals surface area contributed by atoms with Gasteiger partial charge in [0.05, 0.1) is 9.48 Å². The van der Waals surface area contributed by atoms with Gasteiger partial charge in [0, 0.05) is 36.1 Å². The highest BCUT2D eigenvalue weighted by Crippen LogP contribution is 2.36. The van der Waals surface area contributed by atoms with Gasteiger partial charge >= 0.3 is 0 Å². The summed E-state index contributed by atoms with van der Waals surface area (Å²) in [7, 11) is 2.01. The largest absolute Gasteiger partial charge is 0.316 e. The molecule has 0 radical (unpaired) electrons. The molecular weight excluding hydrogens is 310 g/mol. The van der Waals surface area contributed by atoms with Crippen molar-refractivity contribution in [3.05, 3.63) is 27.8 Å². The van der Waals surface area contributed by atoms with Crippen LogP contribution in [-0.4, -0.2) is 22.9 Å². The van der Waals surface area contributed by atoms with Gasteiger partial charge in [0.1, 0.15) is 0 Å². The first-order valence-corrected chi connectivity index (χ1v) is 7.85. The molecule has 1 N–H and O–H groups in total. The molecule has 1 aliphatic rings. The molecule has 3 rings (SSSR count). The molecule has 2 aromatic heterocycles. The second kappa shape index (κ2) is 5.15. The van der Waals surface area contributed by atoms with Crippen molar-refractivity contribution in [1.29, 1.82) is 0 Å². The maximum Gasteiger partial charge on any atom is 0.0754 e. The van der Waals surface area contributed by atoms with Crippen LogP contribution in [-0.2, 0) is 7.05 Å². The predicted molar refractivity (Wildman–Crippen MR) is 79.1 cm³/mol. The summed E-state index contributed by atoms with van der Waals surface area (Å²) in [6, 6.07) is 4.28. The number of thiophene rings is 1. The summed E-state index contributed by atoms with van der Waals surface area (Å²) < 4.78 is 3.11. The van der Waals surface area contributed by atoms with Crippen LogP contribution < -0.4 is 5.32 Å². The van der Waals surface area contributed by atoms with Gasteiger partial charge in [-0.25, -0.2) is 0 Å². The van der Waals surface area contributed by atoms with Crippen LogP contribution in [0.3, 0.4) is 0 Å². The van der Waals surface area contributed by atoms with E-state index in [0.717, 1.165) is 13.1 Å². The molecule has 0 spiro atoms. The van der Waals surface area contributed by atoms with Crippen molar-refractivity contribution >= 4 is 27.3 Å². The monoisotopic (exact) mass is 325 g/mol. The number of aryl methyl sites for hydroxylation is 1. The molecule has 96 valence electrons. The average Bonchev–Trinajstić information content (AvgIpc) is 2.96. The SMILES string of the molecule is Cn1cc(-c2ccc(Br)s2)c(C2CCCNC2)n1. The fourth-order valence-corrected chi connectivity index (χ4v) is 3.95. The average molecular weight is 326 g/mol. The van der Waals surface area contributed by atoms with Crippen molar-refractivity contribution in [2.24, 2.45) is 7.05 Å². The molecule has 1 unspecified atom stereocenters. The number of hydrogen-bond acceptors (Lipinski definition) is 3. The maximum atomic E-state index is 4.69. The maximum absolute atomic E-state index is 4.69. The van der Waals surface area contributed by atoms with Crippen molar-refractivity contribution in [3.63, 3.8) is 0 Å². The van der Waals surface area contributed by atoms with E-state index in [-0.39, 0.29) is 0 Å². The van der Waals surface area contributed by atoms with Gasteiger partial charge in [-0.05, 0) is 47.4 Å². The van der Waals surface area contributed by atoms with Crippen molar-refractivity contribution in [3.8, 4) is 10.4 Å². The van der Waals surface area contributed by atoms with Crippen LogP contribution in [0.4, 0.5) is 0 Å². The van der Waals surface area contributed by atoms with Crippen LogP contribution >= 0.6 is 27.3 Å². The Balaban J connectivity index is 1.98. The molecule has 0 aliphatic carbocycles. The van der Waals surface area contributed by atoms with Crippen molar-refractivity contribution in [1.82, 2.24) is 15.1 Å². The lowest BCUT2D eigenvalue weighted by atomic mass is 9.93. The Morgan fingerprint density at radius 3 is 3.06 bits per heavy atom. The molecule has 1 fully saturated rings. The molecule has 0 saturated carbocycles. The summed E-state index contributed by atoms with van der Waals surface area (Å²) in [5.74, 6) is 0.552. The van der Waals surface area contributed by atoms with Crippen molar-refractivity contribution in [2.75, 3.05) is 13.1 Å². The minimum absolute atomic E-state index is 0.552. The fourth-order valence-electron chi connectivity index (χ4n) is 2.54. The molecule has 1 atom stereocenters. The third-order valence-corrected chi connectivity index (χ3v) is 5.04. The number of rotatable bonds is 2. The highest BCUT2D eigenvalue weighted by molar-refractivity contribution is 9.11. The standard InChI is InChI=1S/C13H16BrN3S/c1-17-8-10(11-4-5-12(14)18-11)13(16-17)9-3-2-6-15-7-9/h4-5,8-9,15H,2-3,6-7H2,1H3. The lowest BCUT2D eigenvalue weighted by Crippen LogP contribution is -2.28. The number of hydrogen-bond donors (Lipinski definition) is 1. The number of aromatic nitrogens is 2. The van der Waals surface area contributed by atoms with E-state index in [2.05, 4.69) is 44.7 Å². The number of halogens is 1. The zero-order valence-electron chi connectivity index (χ0n) is 10.3. The van der Waals surface area contributed by atoms with Crippen LogP contribution in [0.2, 0.25) is 0 Å². The lowest BCUT2D eigenvalue weighted by Gasteiger charge is -2.21. The lowest BCUT2D eigenvalue weighted by molar-refractivity contribution is 0.452.